The zero-order valence-corrected chi connectivity index (χ0v) is 15.9. The number of para-hydroxylation sites is 2. The number of anilines is 1. The third kappa shape index (κ3) is 5.22. The summed E-state index contributed by atoms with van der Waals surface area (Å²) in [5.74, 6) is 1.00. The average molecular weight is 382 g/mol. The molecule has 1 unspecified atom stereocenters. The summed E-state index contributed by atoms with van der Waals surface area (Å²) in [5, 5.41) is 6.74. The van der Waals surface area contributed by atoms with Crippen LogP contribution in [-0.2, 0) is 4.74 Å². The van der Waals surface area contributed by atoms with Crippen molar-refractivity contribution in [2.75, 3.05) is 44.3 Å². The summed E-state index contributed by atoms with van der Waals surface area (Å²) in [7, 11) is 0. The van der Waals surface area contributed by atoms with E-state index in [1.807, 2.05) is 19.1 Å². The number of hydrogen-bond donors (Lipinski definition) is 2. The molecule has 0 aromatic heterocycles. The number of hydrogen-bond acceptors (Lipinski definition) is 4. The van der Waals surface area contributed by atoms with Gasteiger partial charge in [-0.3, -0.25) is 4.99 Å². The summed E-state index contributed by atoms with van der Waals surface area (Å²) in [4.78, 5) is 6.77. The lowest BCUT2D eigenvalue weighted by atomic mass is 9.89. The van der Waals surface area contributed by atoms with E-state index in [4.69, 9.17) is 9.73 Å². The molecule has 0 aliphatic carbocycles. The van der Waals surface area contributed by atoms with Gasteiger partial charge in [0.1, 0.15) is 5.75 Å². The van der Waals surface area contributed by atoms with Gasteiger partial charge in [-0.2, -0.15) is 8.78 Å². The van der Waals surface area contributed by atoms with Gasteiger partial charge in [-0.05, 0) is 25.5 Å². The molecule has 3 rings (SSSR count). The van der Waals surface area contributed by atoms with Crippen LogP contribution in [0, 0.1) is 5.41 Å². The summed E-state index contributed by atoms with van der Waals surface area (Å²) in [5.41, 5.74) is 0.818. The maximum absolute atomic E-state index is 12.6. The fraction of sp³-hybridized carbons (Fsp3) is 0.632. The number of rotatable bonds is 7. The Hall–Kier alpha value is -2.09. The first kappa shape index (κ1) is 19.7. The van der Waals surface area contributed by atoms with Crippen LogP contribution in [0.3, 0.4) is 0 Å². The zero-order chi connectivity index (χ0) is 19.3. The van der Waals surface area contributed by atoms with Crippen LogP contribution in [0.5, 0.6) is 5.75 Å². The summed E-state index contributed by atoms with van der Waals surface area (Å²) in [6, 6.07) is 7.12. The van der Waals surface area contributed by atoms with Crippen LogP contribution in [0.1, 0.15) is 20.3 Å². The number of aliphatic imine (C=N–C) groups is 1. The largest absolute Gasteiger partial charge is 0.433 e. The van der Waals surface area contributed by atoms with Crippen molar-refractivity contribution in [3.63, 3.8) is 0 Å². The monoisotopic (exact) mass is 382 g/mol. The number of alkyl halides is 2. The van der Waals surface area contributed by atoms with E-state index in [-0.39, 0.29) is 17.2 Å². The van der Waals surface area contributed by atoms with Crippen LogP contribution in [-0.4, -0.2) is 58.0 Å². The van der Waals surface area contributed by atoms with E-state index in [2.05, 4.69) is 27.2 Å². The molecule has 1 aromatic carbocycles. The van der Waals surface area contributed by atoms with E-state index in [0.717, 1.165) is 38.7 Å². The highest BCUT2D eigenvalue weighted by atomic mass is 19.3. The van der Waals surface area contributed by atoms with Gasteiger partial charge in [0, 0.05) is 31.1 Å². The van der Waals surface area contributed by atoms with Gasteiger partial charge in [-0.25, -0.2) is 0 Å². The quantitative estimate of drug-likeness (QED) is 0.560. The van der Waals surface area contributed by atoms with Crippen LogP contribution in [0.4, 0.5) is 14.5 Å². The minimum Gasteiger partial charge on any atom is -0.433 e. The van der Waals surface area contributed by atoms with Crippen molar-refractivity contribution in [3.8, 4) is 5.75 Å². The summed E-state index contributed by atoms with van der Waals surface area (Å²) < 4.78 is 35.2. The summed E-state index contributed by atoms with van der Waals surface area (Å²) >= 11 is 0. The van der Waals surface area contributed by atoms with E-state index in [1.165, 1.54) is 0 Å². The van der Waals surface area contributed by atoms with Gasteiger partial charge in [0.25, 0.3) is 0 Å². The third-order valence-electron chi connectivity index (χ3n) is 4.82. The molecule has 2 N–H and O–H groups in total. The number of halogens is 2. The smallest absolute Gasteiger partial charge is 0.387 e. The molecule has 2 saturated heterocycles. The van der Waals surface area contributed by atoms with Gasteiger partial charge in [0.15, 0.2) is 5.96 Å². The van der Waals surface area contributed by atoms with E-state index in [9.17, 15) is 8.78 Å². The summed E-state index contributed by atoms with van der Waals surface area (Å²) in [6.45, 7) is 5.82. The number of nitrogens with zero attached hydrogens (tertiary/aromatic N) is 2. The highest BCUT2D eigenvalue weighted by Gasteiger charge is 2.33. The Morgan fingerprint density at radius 1 is 1.41 bits per heavy atom. The van der Waals surface area contributed by atoms with Crippen molar-refractivity contribution in [2.24, 2.45) is 10.4 Å². The first-order valence-corrected chi connectivity index (χ1v) is 9.40. The second-order valence-corrected chi connectivity index (χ2v) is 7.42. The van der Waals surface area contributed by atoms with Crippen LogP contribution in [0.25, 0.3) is 0 Å². The van der Waals surface area contributed by atoms with Crippen molar-refractivity contribution in [1.82, 2.24) is 10.6 Å². The molecule has 2 aliphatic heterocycles. The molecule has 0 saturated carbocycles. The molecular formula is C19H28F2N4O2. The Labute approximate surface area is 158 Å². The molecule has 0 spiro atoms. The summed E-state index contributed by atoms with van der Waals surface area (Å²) in [6.07, 6.45) is 0.897. The molecule has 2 heterocycles. The van der Waals surface area contributed by atoms with E-state index >= 15 is 0 Å². The van der Waals surface area contributed by atoms with Crippen molar-refractivity contribution >= 4 is 11.6 Å². The SMILES string of the molecule is CCNC(=NCC1(C)COC1)NC1CCN(c2ccccc2OC(F)F)C1. The Morgan fingerprint density at radius 2 is 2.19 bits per heavy atom. The van der Waals surface area contributed by atoms with Gasteiger partial charge < -0.3 is 25.0 Å². The number of guanidine groups is 1. The molecule has 0 amide bonds. The van der Waals surface area contributed by atoms with Gasteiger partial charge in [0.2, 0.25) is 0 Å². The minimum atomic E-state index is -2.83. The number of benzene rings is 1. The molecule has 0 radical (unpaired) electrons. The minimum absolute atomic E-state index is 0.121. The van der Waals surface area contributed by atoms with E-state index in [1.54, 1.807) is 12.1 Å². The number of ether oxygens (including phenoxy) is 2. The van der Waals surface area contributed by atoms with Crippen LogP contribution >= 0.6 is 0 Å². The molecule has 27 heavy (non-hydrogen) atoms. The van der Waals surface area contributed by atoms with Gasteiger partial charge >= 0.3 is 6.61 Å². The molecule has 2 aliphatic rings. The van der Waals surface area contributed by atoms with Gasteiger partial charge in [0.05, 0.1) is 25.4 Å². The lowest BCUT2D eigenvalue weighted by molar-refractivity contribution is -0.0945. The maximum atomic E-state index is 12.6. The first-order chi connectivity index (χ1) is 13.0. The zero-order valence-electron chi connectivity index (χ0n) is 15.9. The molecular weight excluding hydrogens is 354 g/mol. The lowest BCUT2D eigenvalue weighted by Crippen LogP contribution is -2.47. The number of nitrogens with one attached hydrogen (secondary N) is 2. The normalized spacial score (nSPS) is 21.9. The van der Waals surface area contributed by atoms with Crippen molar-refractivity contribution in [3.05, 3.63) is 24.3 Å². The lowest BCUT2D eigenvalue weighted by Gasteiger charge is -2.36. The van der Waals surface area contributed by atoms with Crippen molar-refractivity contribution < 1.29 is 18.3 Å². The molecule has 1 atom stereocenters. The van der Waals surface area contributed by atoms with Crippen molar-refractivity contribution in [1.29, 1.82) is 0 Å². The van der Waals surface area contributed by atoms with E-state index in [0.29, 0.717) is 18.8 Å². The molecule has 150 valence electrons. The Morgan fingerprint density at radius 3 is 2.85 bits per heavy atom. The Bertz CT molecular complexity index is 652. The average Bonchev–Trinajstić information content (AvgIpc) is 3.06. The van der Waals surface area contributed by atoms with Crippen molar-refractivity contribution in [2.45, 2.75) is 32.9 Å². The topological polar surface area (TPSA) is 58.1 Å². The molecule has 1 aromatic rings. The van der Waals surface area contributed by atoms with Crippen LogP contribution in [0.2, 0.25) is 0 Å². The standard InChI is InChI=1S/C19H28F2N4O2/c1-3-22-18(23-11-19(2)12-26-13-19)24-14-8-9-25(10-14)15-6-4-5-7-16(15)27-17(20)21/h4-7,14,17H,3,8-13H2,1-2H3,(H2,22,23,24). The second-order valence-electron chi connectivity index (χ2n) is 7.42. The first-order valence-electron chi connectivity index (χ1n) is 9.40. The fourth-order valence-electron chi connectivity index (χ4n) is 3.34. The Balaban J connectivity index is 1.60. The molecule has 2 fully saturated rings. The van der Waals surface area contributed by atoms with Crippen LogP contribution in [0.15, 0.2) is 29.3 Å². The maximum Gasteiger partial charge on any atom is 0.387 e. The fourth-order valence-corrected chi connectivity index (χ4v) is 3.34. The Kier molecular flexibility index (Phi) is 6.36. The van der Waals surface area contributed by atoms with Gasteiger partial charge in [-0.15, -0.1) is 0 Å². The predicted molar refractivity (Wildman–Crippen MR) is 102 cm³/mol. The molecule has 6 nitrogen and oxygen atoms in total. The second kappa shape index (κ2) is 8.73. The molecule has 8 heteroatoms. The van der Waals surface area contributed by atoms with Crippen LogP contribution < -0.4 is 20.3 Å². The van der Waals surface area contributed by atoms with E-state index < -0.39 is 6.61 Å². The third-order valence-corrected chi connectivity index (χ3v) is 4.82. The highest BCUT2D eigenvalue weighted by Crippen LogP contribution is 2.32. The van der Waals surface area contributed by atoms with Gasteiger partial charge in [-0.1, -0.05) is 19.1 Å². The predicted octanol–water partition coefficient (Wildman–Crippen LogP) is 2.46. The highest BCUT2D eigenvalue weighted by molar-refractivity contribution is 5.80. The molecule has 0 bridgehead atoms.